The van der Waals surface area contributed by atoms with E-state index >= 15 is 0 Å². The number of rotatable bonds is 5. The Bertz CT molecular complexity index is 805. The molecule has 1 N–H and O–H groups in total. The number of nitrogens with one attached hydrogen (secondary N) is 1. The molecule has 24 heavy (non-hydrogen) atoms. The lowest BCUT2D eigenvalue weighted by Crippen LogP contribution is -2.37. The van der Waals surface area contributed by atoms with Crippen LogP contribution in [-0.4, -0.2) is 30.9 Å². The summed E-state index contributed by atoms with van der Waals surface area (Å²) >= 11 is 0. The van der Waals surface area contributed by atoms with Crippen molar-refractivity contribution in [1.82, 2.24) is 30.2 Å². The summed E-state index contributed by atoms with van der Waals surface area (Å²) in [6, 6.07) is 3.92. The van der Waals surface area contributed by atoms with Crippen LogP contribution in [0.5, 0.6) is 0 Å². The van der Waals surface area contributed by atoms with Crippen molar-refractivity contribution in [2.24, 2.45) is 0 Å². The molecule has 0 fully saturated rings. The second kappa shape index (κ2) is 6.20. The highest BCUT2D eigenvalue weighted by molar-refractivity contribution is 5.44. The molecule has 0 spiro atoms. The summed E-state index contributed by atoms with van der Waals surface area (Å²) in [7, 11) is 0. The van der Waals surface area contributed by atoms with Crippen LogP contribution < -0.4 is 5.32 Å². The van der Waals surface area contributed by atoms with Crippen molar-refractivity contribution in [3.63, 3.8) is 0 Å². The van der Waals surface area contributed by atoms with Gasteiger partial charge in [-0.25, -0.2) is 9.67 Å². The van der Waals surface area contributed by atoms with Crippen LogP contribution in [0.3, 0.4) is 0 Å². The Labute approximate surface area is 139 Å². The van der Waals surface area contributed by atoms with Crippen molar-refractivity contribution in [3.8, 4) is 11.6 Å². The van der Waals surface area contributed by atoms with Gasteiger partial charge in [-0.3, -0.25) is 0 Å². The van der Waals surface area contributed by atoms with Gasteiger partial charge in [0.25, 0.3) is 0 Å². The number of aryl methyl sites for hydroxylation is 1. The van der Waals surface area contributed by atoms with Gasteiger partial charge in [-0.2, -0.15) is 10.1 Å². The van der Waals surface area contributed by atoms with E-state index in [4.69, 9.17) is 8.94 Å². The number of furan rings is 1. The van der Waals surface area contributed by atoms with E-state index in [1.165, 1.54) is 0 Å². The van der Waals surface area contributed by atoms with Gasteiger partial charge < -0.3 is 14.3 Å². The van der Waals surface area contributed by atoms with E-state index in [0.29, 0.717) is 36.0 Å². The van der Waals surface area contributed by atoms with Crippen LogP contribution in [0.15, 0.2) is 27.3 Å². The molecule has 0 aromatic carbocycles. The van der Waals surface area contributed by atoms with E-state index in [2.05, 4.69) is 39.4 Å². The third kappa shape index (κ3) is 2.96. The lowest BCUT2D eigenvalue weighted by atomic mass is 10.1. The van der Waals surface area contributed by atoms with Gasteiger partial charge in [0, 0.05) is 18.4 Å². The third-order valence-electron chi connectivity index (χ3n) is 4.14. The molecular weight excluding hydrogens is 308 g/mol. The lowest BCUT2D eigenvalue weighted by Gasteiger charge is -2.22. The molecule has 4 rings (SSSR count). The molecule has 1 aliphatic heterocycles. The Morgan fingerprint density at radius 1 is 1.38 bits per heavy atom. The van der Waals surface area contributed by atoms with Crippen molar-refractivity contribution in [3.05, 3.63) is 35.9 Å². The average Bonchev–Trinajstić information content (AvgIpc) is 3.30. The minimum absolute atomic E-state index is 0.318. The predicted molar refractivity (Wildman–Crippen MR) is 85.1 cm³/mol. The highest BCUT2D eigenvalue weighted by atomic mass is 16.5. The standard InChI is InChI=1S/C16H20N6O2/c1-10(2)15-18-13-6-5-11(9-22(13)20-15)17-8-14-19-16(21-24-14)12-4-3-7-23-12/h3-4,7,10-11,17H,5-6,8-9H2,1-2H3/t11-/m0/s1. The summed E-state index contributed by atoms with van der Waals surface area (Å²) in [6.45, 7) is 5.57. The van der Waals surface area contributed by atoms with E-state index in [0.717, 1.165) is 31.0 Å². The van der Waals surface area contributed by atoms with Gasteiger partial charge in [-0.1, -0.05) is 19.0 Å². The minimum atomic E-state index is 0.318. The van der Waals surface area contributed by atoms with Crippen LogP contribution in [0, 0.1) is 0 Å². The second-order valence-corrected chi connectivity index (χ2v) is 6.33. The number of hydrogen-bond acceptors (Lipinski definition) is 7. The molecule has 0 unspecified atom stereocenters. The molecule has 3 aromatic rings. The molecule has 0 aliphatic carbocycles. The monoisotopic (exact) mass is 328 g/mol. The van der Waals surface area contributed by atoms with Crippen LogP contribution in [0.2, 0.25) is 0 Å². The molecule has 8 nitrogen and oxygen atoms in total. The average molecular weight is 328 g/mol. The van der Waals surface area contributed by atoms with Crippen LogP contribution in [-0.2, 0) is 19.5 Å². The Kier molecular flexibility index (Phi) is 3.89. The highest BCUT2D eigenvalue weighted by Gasteiger charge is 2.22. The number of nitrogens with zero attached hydrogens (tertiary/aromatic N) is 5. The summed E-state index contributed by atoms with van der Waals surface area (Å²) in [4.78, 5) is 8.95. The minimum Gasteiger partial charge on any atom is -0.461 e. The zero-order valence-electron chi connectivity index (χ0n) is 13.8. The van der Waals surface area contributed by atoms with Crippen LogP contribution in [0.25, 0.3) is 11.6 Å². The van der Waals surface area contributed by atoms with Crippen molar-refractivity contribution in [1.29, 1.82) is 0 Å². The normalized spacial score (nSPS) is 17.4. The van der Waals surface area contributed by atoms with Crippen molar-refractivity contribution < 1.29 is 8.94 Å². The Balaban J connectivity index is 1.37. The molecule has 8 heteroatoms. The summed E-state index contributed by atoms with van der Waals surface area (Å²) < 4.78 is 12.5. The first-order valence-corrected chi connectivity index (χ1v) is 8.22. The van der Waals surface area contributed by atoms with Crippen LogP contribution in [0.1, 0.15) is 43.7 Å². The first-order valence-electron chi connectivity index (χ1n) is 8.22. The first-order chi connectivity index (χ1) is 11.7. The molecule has 0 saturated heterocycles. The number of aromatic nitrogens is 5. The van der Waals surface area contributed by atoms with E-state index in [1.807, 2.05) is 10.7 Å². The largest absolute Gasteiger partial charge is 0.461 e. The van der Waals surface area contributed by atoms with Gasteiger partial charge in [0.1, 0.15) is 5.82 Å². The molecular formula is C16H20N6O2. The zero-order valence-corrected chi connectivity index (χ0v) is 13.8. The van der Waals surface area contributed by atoms with Gasteiger partial charge in [0.05, 0.1) is 19.4 Å². The fourth-order valence-electron chi connectivity index (χ4n) is 2.80. The van der Waals surface area contributed by atoms with Gasteiger partial charge in [0.2, 0.25) is 11.7 Å². The molecule has 126 valence electrons. The fourth-order valence-corrected chi connectivity index (χ4v) is 2.80. The Morgan fingerprint density at radius 2 is 2.29 bits per heavy atom. The van der Waals surface area contributed by atoms with Crippen LogP contribution >= 0.6 is 0 Å². The van der Waals surface area contributed by atoms with Gasteiger partial charge >= 0.3 is 0 Å². The molecule has 0 amide bonds. The van der Waals surface area contributed by atoms with Gasteiger partial charge in [-0.15, -0.1) is 0 Å². The second-order valence-electron chi connectivity index (χ2n) is 6.33. The summed E-state index contributed by atoms with van der Waals surface area (Å²) in [5.41, 5.74) is 0. The van der Waals surface area contributed by atoms with Gasteiger partial charge in [-0.05, 0) is 18.6 Å². The fraction of sp³-hybridized carbons (Fsp3) is 0.500. The predicted octanol–water partition coefficient (Wildman–Crippen LogP) is 2.15. The van der Waals surface area contributed by atoms with Crippen molar-refractivity contribution in [2.75, 3.05) is 0 Å². The van der Waals surface area contributed by atoms with Gasteiger partial charge in [0.15, 0.2) is 11.6 Å². The first kappa shape index (κ1) is 15.1. The Hall–Kier alpha value is -2.48. The van der Waals surface area contributed by atoms with E-state index in [9.17, 15) is 0 Å². The zero-order chi connectivity index (χ0) is 16.5. The maximum Gasteiger partial charge on any atom is 0.241 e. The van der Waals surface area contributed by atoms with Crippen molar-refractivity contribution >= 4 is 0 Å². The SMILES string of the molecule is CC(C)c1nc2n(n1)C[C@@H](NCc1nc(-c3ccco3)no1)CC2. The maximum atomic E-state index is 5.27. The lowest BCUT2D eigenvalue weighted by molar-refractivity contribution is 0.320. The summed E-state index contributed by atoms with van der Waals surface area (Å²) in [5.74, 6) is 3.98. The third-order valence-corrected chi connectivity index (χ3v) is 4.14. The van der Waals surface area contributed by atoms with Crippen LogP contribution in [0.4, 0.5) is 0 Å². The molecule has 0 radical (unpaired) electrons. The summed E-state index contributed by atoms with van der Waals surface area (Å²) in [6.07, 6.45) is 3.54. The Morgan fingerprint density at radius 3 is 3.08 bits per heavy atom. The maximum absolute atomic E-state index is 5.27. The summed E-state index contributed by atoms with van der Waals surface area (Å²) in [5, 5.41) is 12.0. The topological polar surface area (TPSA) is 94.8 Å². The van der Waals surface area contributed by atoms with E-state index in [-0.39, 0.29) is 0 Å². The molecule has 1 atom stereocenters. The van der Waals surface area contributed by atoms with E-state index in [1.54, 1.807) is 12.3 Å². The molecule has 1 aliphatic rings. The molecule has 3 aromatic heterocycles. The number of fused-ring (bicyclic) bond motifs is 1. The molecule has 0 saturated carbocycles. The molecule has 0 bridgehead atoms. The highest BCUT2D eigenvalue weighted by Crippen LogP contribution is 2.18. The number of hydrogen-bond donors (Lipinski definition) is 1. The van der Waals surface area contributed by atoms with Crippen molar-refractivity contribution in [2.45, 2.75) is 51.7 Å². The molecule has 4 heterocycles. The smallest absolute Gasteiger partial charge is 0.241 e. The quantitative estimate of drug-likeness (QED) is 0.766. The van der Waals surface area contributed by atoms with E-state index < -0.39 is 0 Å².